The first-order valence-corrected chi connectivity index (χ1v) is 7.69. The van der Waals surface area contributed by atoms with Crippen LogP contribution in [-0.2, 0) is 11.2 Å². The Bertz CT molecular complexity index is 789. The molecule has 1 N–H and O–H groups in total. The molecule has 0 heterocycles. The summed E-state index contributed by atoms with van der Waals surface area (Å²) in [4.78, 5) is 32.9. The minimum absolute atomic E-state index is 0.0295. The van der Waals surface area contributed by atoms with Crippen LogP contribution in [0.5, 0.6) is 5.75 Å². The second kappa shape index (κ2) is 8.58. The molecule has 0 aromatic heterocycles. The van der Waals surface area contributed by atoms with Crippen LogP contribution in [-0.4, -0.2) is 30.3 Å². The summed E-state index contributed by atoms with van der Waals surface area (Å²) in [5.74, 6) is -0.196. The van der Waals surface area contributed by atoms with Gasteiger partial charge in [-0.15, -0.1) is 0 Å². The molecule has 0 radical (unpaired) electrons. The van der Waals surface area contributed by atoms with Gasteiger partial charge in [-0.2, -0.15) is 0 Å². The van der Waals surface area contributed by atoms with E-state index in [0.29, 0.717) is 19.3 Å². The Labute approximate surface area is 144 Å². The van der Waals surface area contributed by atoms with Gasteiger partial charge >= 0.3 is 0 Å². The fraction of sp³-hybridized carbons (Fsp3) is 0.222. The molecule has 2 rings (SSSR count). The predicted octanol–water partition coefficient (Wildman–Crippen LogP) is 2.45. The number of amides is 1. The molecule has 130 valence electrons. The Morgan fingerprint density at radius 2 is 2.04 bits per heavy atom. The molecule has 0 atom stereocenters. The fourth-order valence-corrected chi connectivity index (χ4v) is 2.29. The molecule has 7 heteroatoms. The first kappa shape index (κ1) is 18.1. The van der Waals surface area contributed by atoms with E-state index in [4.69, 9.17) is 4.74 Å². The van der Waals surface area contributed by atoms with Gasteiger partial charge < -0.3 is 10.1 Å². The quantitative estimate of drug-likeness (QED) is 0.451. The van der Waals surface area contributed by atoms with Crippen molar-refractivity contribution in [2.75, 3.05) is 13.2 Å². The number of non-ortho nitro benzene ring substituents is 1. The van der Waals surface area contributed by atoms with Gasteiger partial charge in [-0.1, -0.05) is 24.3 Å². The third-order valence-corrected chi connectivity index (χ3v) is 3.67. The summed E-state index contributed by atoms with van der Waals surface area (Å²) in [5.41, 5.74) is 2.14. The standard InChI is InChI=1S/C18H18N2O5/c1-13-4-2-3-5-14(13)8-9-19-18(22)12-25-17-7-6-16(20(23)24)10-15(17)11-21/h2-7,10-11H,8-9,12H2,1H3,(H,19,22). The highest BCUT2D eigenvalue weighted by atomic mass is 16.6. The fourth-order valence-electron chi connectivity index (χ4n) is 2.29. The van der Waals surface area contributed by atoms with Gasteiger partial charge in [0.15, 0.2) is 12.9 Å². The predicted molar refractivity (Wildman–Crippen MR) is 91.9 cm³/mol. The maximum Gasteiger partial charge on any atom is 0.270 e. The van der Waals surface area contributed by atoms with Crippen LogP contribution in [0.1, 0.15) is 21.5 Å². The van der Waals surface area contributed by atoms with Crippen molar-refractivity contribution in [2.45, 2.75) is 13.3 Å². The third kappa shape index (κ3) is 5.13. The number of aryl methyl sites for hydroxylation is 1. The Balaban J connectivity index is 1.84. The van der Waals surface area contributed by atoms with Crippen molar-refractivity contribution in [1.82, 2.24) is 5.32 Å². The van der Waals surface area contributed by atoms with Crippen molar-refractivity contribution in [3.8, 4) is 5.75 Å². The zero-order valence-electron chi connectivity index (χ0n) is 13.7. The lowest BCUT2D eigenvalue weighted by Crippen LogP contribution is -2.30. The van der Waals surface area contributed by atoms with Crippen molar-refractivity contribution in [1.29, 1.82) is 0 Å². The minimum atomic E-state index is -0.602. The summed E-state index contributed by atoms with van der Waals surface area (Å²) in [6, 6.07) is 11.6. The lowest BCUT2D eigenvalue weighted by molar-refractivity contribution is -0.384. The molecule has 0 aliphatic rings. The summed E-state index contributed by atoms with van der Waals surface area (Å²) in [6.07, 6.45) is 1.16. The number of nitrogens with zero attached hydrogens (tertiary/aromatic N) is 1. The summed E-state index contributed by atoms with van der Waals surface area (Å²) < 4.78 is 5.29. The van der Waals surface area contributed by atoms with Gasteiger partial charge in [-0.3, -0.25) is 19.7 Å². The second-order valence-corrected chi connectivity index (χ2v) is 5.41. The molecule has 1 amide bonds. The molecule has 0 fully saturated rings. The van der Waals surface area contributed by atoms with Crippen molar-refractivity contribution >= 4 is 17.9 Å². The highest BCUT2D eigenvalue weighted by Gasteiger charge is 2.12. The first-order valence-electron chi connectivity index (χ1n) is 7.69. The number of rotatable bonds is 8. The normalized spacial score (nSPS) is 10.1. The molecular weight excluding hydrogens is 324 g/mol. The summed E-state index contributed by atoms with van der Waals surface area (Å²) >= 11 is 0. The van der Waals surface area contributed by atoms with E-state index >= 15 is 0 Å². The number of hydrogen-bond donors (Lipinski definition) is 1. The zero-order valence-corrected chi connectivity index (χ0v) is 13.7. The van der Waals surface area contributed by atoms with E-state index in [-0.39, 0.29) is 29.5 Å². The molecule has 0 aliphatic carbocycles. The number of hydrogen-bond acceptors (Lipinski definition) is 5. The maximum atomic E-state index is 11.8. The highest BCUT2D eigenvalue weighted by Crippen LogP contribution is 2.22. The van der Waals surface area contributed by atoms with Crippen LogP contribution in [0.4, 0.5) is 5.69 Å². The van der Waals surface area contributed by atoms with Crippen LogP contribution in [0.25, 0.3) is 0 Å². The minimum Gasteiger partial charge on any atom is -0.483 e. The number of nitrogens with one attached hydrogen (secondary N) is 1. The molecule has 0 bridgehead atoms. The third-order valence-electron chi connectivity index (χ3n) is 3.67. The van der Waals surface area contributed by atoms with Crippen molar-refractivity contribution in [2.24, 2.45) is 0 Å². The molecule has 0 aliphatic heterocycles. The number of nitro benzene ring substituents is 1. The number of aldehydes is 1. The second-order valence-electron chi connectivity index (χ2n) is 5.41. The van der Waals surface area contributed by atoms with Crippen LogP contribution in [0.3, 0.4) is 0 Å². The van der Waals surface area contributed by atoms with Crippen molar-refractivity contribution in [3.05, 3.63) is 69.3 Å². The summed E-state index contributed by atoms with van der Waals surface area (Å²) in [7, 11) is 0. The van der Waals surface area contributed by atoms with E-state index in [2.05, 4.69) is 5.32 Å². The molecule has 25 heavy (non-hydrogen) atoms. The Morgan fingerprint density at radius 3 is 2.72 bits per heavy atom. The Kier molecular flexibility index (Phi) is 6.22. The van der Waals surface area contributed by atoms with Crippen LogP contribution in [0, 0.1) is 17.0 Å². The average molecular weight is 342 g/mol. The van der Waals surface area contributed by atoms with Gasteiger partial charge in [0, 0.05) is 18.7 Å². The van der Waals surface area contributed by atoms with E-state index < -0.39 is 4.92 Å². The number of nitro groups is 1. The van der Waals surface area contributed by atoms with Crippen LogP contribution in [0.15, 0.2) is 42.5 Å². The number of carbonyl (C=O) groups excluding carboxylic acids is 2. The monoisotopic (exact) mass is 342 g/mol. The van der Waals surface area contributed by atoms with E-state index in [1.54, 1.807) is 0 Å². The molecule has 2 aromatic rings. The molecule has 0 saturated heterocycles. The lowest BCUT2D eigenvalue weighted by Gasteiger charge is -2.10. The van der Waals surface area contributed by atoms with E-state index in [1.807, 2.05) is 31.2 Å². The van der Waals surface area contributed by atoms with Crippen LogP contribution >= 0.6 is 0 Å². The topological polar surface area (TPSA) is 98.5 Å². The summed E-state index contributed by atoms with van der Waals surface area (Å²) in [5, 5.41) is 13.4. The maximum absolute atomic E-state index is 11.8. The number of benzene rings is 2. The number of ether oxygens (including phenoxy) is 1. The largest absolute Gasteiger partial charge is 0.483 e. The van der Waals surface area contributed by atoms with E-state index in [1.165, 1.54) is 12.1 Å². The molecule has 0 saturated carbocycles. The smallest absolute Gasteiger partial charge is 0.270 e. The number of carbonyl (C=O) groups is 2. The van der Waals surface area contributed by atoms with Crippen LogP contribution in [0.2, 0.25) is 0 Å². The molecular formula is C18H18N2O5. The zero-order chi connectivity index (χ0) is 18.2. The summed E-state index contributed by atoms with van der Waals surface area (Å²) in [6.45, 7) is 2.20. The van der Waals surface area contributed by atoms with E-state index in [9.17, 15) is 19.7 Å². The van der Waals surface area contributed by atoms with Gasteiger partial charge in [-0.25, -0.2) is 0 Å². The van der Waals surface area contributed by atoms with Crippen LogP contribution < -0.4 is 10.1 Å². The SMILES string of the molecule is Cc1ccccc1CCNC(=O)COc1ccc([N+](=O)[O-])cc1C=O. The van der Waals surface area contributed by atoms with Gasteiger partial charge in [0.2, 0.25) is 0 Å². The molecule has 0 unspecified atom stereocenters. The van der Waals surface area contributed by atoms with Crippen molar-refractivity contribution in [3.63, 3.8) is 0 Å². The molecule has 7 nitrogen and oxygen atoms in total. The molecule has 0 spiro atoms. The molecule has 2 aromatic carbocycles. The van der Waals surface area contributed by atoms with Gasteiger partial charge in [0.05, 0.1) is 10.5 Å². The Hall–Kier alpha value is -3.22. The Morgan fingerprint density at radius 1 is 1.28 bits per heavy atom. The van der Waals surface area contributed by atoms with Gasteiger partial charge in [0.25, 0.3) is 11.6 Å². The van der Waals surface area contributed by atoms with Gasteiger partial charge in [0.1, 0.15) is 5.75 Å². The van der Waals surface area contributed by atoms with Gasteiger partial charge in [-0.05, 0) is 30.5 Å². The highest BCUT2D eigenvalue weighted by molar-refractivity contribution is 5.81. The first-order chi connectivity index (χ1) is 12.0. The average Bonchev–Trinajstić information content (AvgIpc) is 2.61. The van der Waals surface area contributed by atoms with E-state index in [0.717, 1.165) is 17.2 Å². The van der Waals surface area contributed by atoms with Crippen molar-refractivity contribution < 1.29 is 19.2 Å². The lowest BCUT2D eigenvalue weighted by atomic mass is 10.1.